The highest BCUT2D eigenvalue weighted by atomic mass is 19.1. The van der Waals surface area contributed by atoms with Crippen molar-refractivity contribution in [3.8, 4) is 0 Å². The molecule has 3 nitrogen and oxygen atoms in total. The zero-order chi connectivity index (χ0) is 12.7. The van der Waals surface area contributed by atoms with Gasteiger partial charge in [0.15, 0.2) is 0 Å². The predicted octanol–water partition coefficient (Wildman–Crippen LogP) is 2.02. The molecule has 0 aliphatic carbocycles. The summed E-state index contributed by atoms with van der Waals surface area (Å²) < 4.78 is 18.1. The van der Waals surface area contributed by atoms with Crippen molar-refractivity contribution in [2.24, 2.45) is 5.73 Å². The molecule has 17 heavy (non-hydrogen) atoms. The van der Waals surface area contributed by atoms with Crippen LogP contribution in [0.15, 0.2) is 24.3 Å². The van der Waals surface area contributed by atoms with Crippen molar-refractivity contribution >= 4 is 5.69 Å². The Bertz CT molecular complexity index is 312. The van der Waals surface area contributed by atoms with Crippen molar-refractivity contribution in [1.82, 2.24) is 0 Å². The van der Waals surface area contributed by atoms with Gasteiger partial charge in [-0.25, -0.2) is 4.39 Å². The van der Waals surface area contributed by atoms with Crippen molar-refractivity contribution in [2.75, 3.05) is 31.6 Å². The van der Waals surface area contributed by atoms with Crippen molar-refractivity contribution < 1.29 is 9.13 Å². The normalized spacial score (nSPS) is 12.5. The lowest BCUT2D eigenvalue weighted by Gasteiger charge is -2.25. The third kappa shape index (κ3) is 4.32. The van der Waals surface area contributed by atoms with Crippen molar-refractivity contribution in [3.05, 3.63) is 30.1 Å². The van der Waals surface area contributed by atoms with Crippen LogP contribution in [0.4, 0.5) is 10.1 Å². The summed E-state index contributed by atoms with van der Waals surface area (Å²) >= 11 is 0. The number of hydrogen-bond acceptors (Lipinski definition) is 3. The van der Waals surface area contributed by atoms with Crippen LogP contribution in [0.5, 0.6) is 0 Å². The molecule has 0 fully saturated rings. The maximum absolute atomic E-state index is 12.8. The van der Waals surface area contributed by atoms with E-state index in [0.717, 1.165) is 25.2 Å². The Hall–Kier alpha value is -1.13. The predicted molar refractivity (Wildman–Crippen MR) is 68.8 cm³/mol. The molecule has 0 aliphatic rings. The smallest absolute Gasteiger partial charge is 0.123 e. The van der Waals surface area contributed by atoms with E-state index in [1.54, 1.807) is 19.2 Å². The monoisotopic (exact) mass is 240 g/mol. The van der Waals surface area contributed by atoms with E-state index in [9.17, 15) is 4.39 Å². The molecule has 0 heterocycles. The highest BCUT2D eigenvalue weighted by molar-refractivity contribution is 5.45. The fraction of sp³-hybridized carbons (Fsp3) is 0.538. The van der Waals surface area contributed by atoms with Crippen molar-refractivity contribution in [3.63, 3.8) is 0 Å². The van der Waals surface area contributed by atoms with Crippen LogP contribution in [0.2, 0.25) is 0 Å². The first-order valence-electron chi connectivity index (χ1n) is 5.94. The SMILES string of the molecule is CCN(CCC(CN)OC)c1ccc(F)cc1. The molecule has 1 aromatic rings. The molecule has 0 aromatic heterocycles. The third-order valence-electron chi connectivity index (χ3n) is 2.89. The van der Waals surface area contributed by atoms with Crippen LogP contribution in [0, 0.1) is 5.82 Å². The molecule has 0 saturated carbocycles. The molecular formula is C13H21FN2O. The summed E-state index contributed by atoms with van der Waals surface area (Å²) in [5.41, 5.74) is 6.60. The molecule has 0 spiro atoms. The number of halogens is 1. The fourth-order valence-electron chi connectivity index (χ4n) is 1.75. The lowest BCUT2D eigenvalue weighted by atomic mass is 10.2. The van der Waals surface area contributed by atoms with E-state index in [1.165, 1.54) is 12.1 Å². The van der Waals surface area contributed by atoms with Gasteiger partial charge in [-0.15, -0.1) is 0 Å². The van der Waals surface area contributed by atoms with Gasteiger partial charge in [-0.1, -0.05) is 0 Å². The summed E-state index contributed by atoms with van der Waals surface area (Å²) in [6.45, 7) is 4.34. The lowest BCUT2D eigenvalue weighted by Crippen LogP contribution is -2.31. The molecule has 96 valence electrons. The Kier molecular flexibility index (Phi) is 5.94. The average molecular weight is 240 g/mol. The van der Waals surface area contributed by atoms with Gasteiger partial charge in [-0.2, -0.15) is 0 Å². The van der Waals surface area contributed by atoms with Gasteiger partial charge in [0.25, 0.3) is 0 Å². The van der Waals surface area contributed by atoms with Gasteiger partial charge in [0, 0.05) is 32.4 Å². The Labute approximate surface area is 102 Å². The zero-order valence-electron chi connectivity index (χ0n) is 10.5. The third-order valence-corrected chi connectivity index (χ3v) is 2.89. The largest absolute Gasteiger partial charge is 0.380 e. The van der Waals surface area contributed by atoms with Crippen LogP contribution in [-0.2, 0) is 4.74 Å². The van der Waals surface area contributed by atoms with E-state index in [0.29, 0.717) is 6.54 Å². The first kappa shape index (κ1) is 13.9. The van der Waals surface area contributed by atoms with E-state index < -0.39 is 0 Å². The van der Waals surface area contributed by atoms with Crippen LogP contribution in [0.1, 0.15) is 13.3 Å². The van der Waals surface area contributed by atoms with Crippen LogP contribution in [-0.4, -0.2) is 32.8 Å². The Morgan fingerprint density at radius 1 is 1.35 bits per heavy atom. The molecule has 1 atom stereocenters. The Balaban J connectivity index is 2.56. The number of nitrogens with zero attached hydrogens (tertiary/aromatic N) is 1. The number of nitrogens with two attached hydrogens (primary N) is 1. The summed E-state index contributed by atoms with van der Waals surface area (Å²) in [5.74, 6) is -0.207. The summed E-state index contributed by atoms with van der Waals surface area (Å²) in [6, 6.07) is 6.55. The summed E-state index contributed by atoms with van der Waals surface area (Å²) in [4.78, 5) is 2.18. The molecule has 0 aliphatic heterocycles. The van der Waals surface area contributed by atoms with Gasteiger partial charge >= 0.3 is 0 Å². The number of benzene rings is 1. The molecule has 1 unspecified atom stereocenters. The van der Waals surface area contributed by atoms with Gasteiger partial charge in [-0.3, -0.25) is 0 Å². The fourth-order valence-corrected chi connectivity index (χ4v) is 1.75. The van der Waals surface area contributed by atoms with Crippen LogP contribution >= 0.6 is 0 Å². The second-order valence-electron chi connectivity index (χ2n) is 3.94. The zero-order valence-corrected chi connectivity index (χ0v) is 10.5. The highest BCUT2D eigenvalue weighted by Crippen LogP contribution is 2.15. The number of methoxy groups -OCH3 is 1. The van der Waals surface area contributed by atoms with Gasteiger partial charge in [0.2, 0.25) is 0 Å². The summed E-state index contributed by atoms with van der Waals surface area (Å²) in [6.07, 6.45) is 0.961. The van der Waals surface area contributed by atoms with Crippen molar-refractivity contribution in [2.45, 2.75) is 19.4 Å². The van der Waals surface area contributed by atoms with E-state index in [-0.39, 0.29) is 11.9 Å². The second kappa shape index (κ2) is 7.25. The number of rotatable bonds is 7. The molecule has 2 N–H and O–H groups in total. The average Bonchev–Trinajstić information content (AvgIpc) is 2.36. The first-order chi connectivity index (χ1) is 8.21. The van der Waals surface area contributed by atoms with E-state index in [2.05, 4.69) is 11.8 Å². The van der Waals surface area contributed by atoms with Crippen molar-refractivity contribution in [1.29, 1.82) is 0 Å². The summed E-state index contributed by atoms with van der Waals surface area (Å²) in [5, 5.41) is 0. The molecule has 0 amide bonds. The van der Waals surface area contributed by atoms with E-state index >= 15 is 0 Å². The molecule has 1 aromatic carbocycles. The first-order valence-corrected chi connectivity index (χ1v) is 5.94. The lowest BCUT2D eigenvalue weighted by molar-refractivity contribution is 0.104. The Morgan fingerprint density at radius 2 is 2.00 bits per heavy atom. The standard InChI is InChI=1S/C13H21FN2O/c1-3-16(9-8-13(10-15)17-2)12-6-4-11(14)5-7-12/h4-7,13H,3,8-10,15H2,1-2H3. The second-order valence-corrected chi connectivity index (χ2v) is 3.94. The minimum atomic E-state index is -0.207. The Morgan fingerprint density at radius 3 is 2.47 bits per heavy atom. The molecule has 4 heteroatoms. The van der Waals surface area contributed by atoms with Gasteiger partial charge in [0.1, 0.15) is 5.82 Å². The maximum atomic E-state index is 12.8. The van der Waals surface area contributed by atoms with Crippen LogP contribution in [0.25, 0.3) is 0 Å². The minimum Gasteiger partial charge on any atom is -0.380 e. The van der Waals surface area contributed by atoms with Gasteiger partial charge in [0.05, 0.1) is 6.10 Å². The summed E-state index contributed by atoms with van der Waals surface area (Å²) in [7, 11) is 1.67. The number of ether oxygens (including phenoxy) is 1. The molecule has 0 bridgehead atoms. The topological polar surface area (TPSA) is 38.5 Å². The number of hydrogen-bond donors (Lipinski definition) is 1. The minimum absolute atomic E-state index is 0.0875. The highest BCUT2D eigenvalue weighted by Gasteiger charge is 2.09. The quantitative estimate of drug-likeness (QED) is 0.792. The molecule has 0 radical (unpaired) electrons. The maximum Gasteiger partial charge on any atom is 0.123 e. The van der Waals surface area contributed by atoms with E-state index in [1.807, 2.05) is 0 Å². The van der Waals surface area contributed by atoms with Crippen LogP contribution in [0.3, 0.4) is 0 Å². The van der Waals surface area contributed by atoms with E-state index in [4.69, 9.17) is 10.5 Å². The number of anilines is 1. The van der Waals surface area contributed by atoms with Crippen LogP contribution < -0.4 is 10.6 Å². The molecule has 1 rings (SSSR count). The molecular weight excluding hydrogens is 219 g/mol. The van der Waals surface area contributed by atoms with Gasteiger partial charge in [-0.05, 0) is 37.6 Å². The van der Waals surface area contributed by atoms with Gasteiger partial charge < -0.3 is 15.4 Å². The molecule has 0 saturated heterocycles.